The molecule has 1 aromatic rings. The Labute approximate surface area is 109 Å². The fourth-order valence-corrected chi connectivity index (χ4v) is 2.77. The van der Waals surface area contributed by atoms with Crippen LogP contribution in [-0.2, 0) is 4.57 Å². The van der Waals surface area contributed by atoms with Gasteiger partial charge in [-0.15, -0.1) is 0 Å². The predicted molar refractivity (Wildman–Crippen MR) is 76.8 cm³/mol. The van der Waals surface area contributed by atoms with E-state index in [1.54, 1.807) is 37.5 Å². The second-order valence-electron chi connectivity index (χ2n) is 4.40. The number of rotatable bonds is 5. The van der Waals surface area contributed by atoms with Gasteiger partial charge in [0, 0.05) is 0 Å². The highest BCUT2D eigenvalue weighted by Gasteiger charge is 2.27. The number of hydrogen-bond donors (Lipinski definition) is 1. The molecule has 0 aliphatic rings. The molecule has 5 nitrogen and oxygen atoms in total. The Morgan fingerprint density at radius 3 is 2.06 bits per heavy atom. The summed E-state index contributed by atoms with van der Waals surface area (Å²) in [5, 5.41) is 7.02. The van der Waals surface area contributed by atoms with E-state index in [9.17, 15) is 4.57 Å². The zero-order chi connectivity index (χ0) is 13.8. The molecule has 0 spiro atoms. The fourth-order valence-electron chi connectivity index (χ4n) is 1.42. The van der Waals surface area contributed by atoms with Gasteiger partial charge >= 0.3 is 7.59 Å². The molecule has 6 heteroatoms. The van der Waals surface area contributed by atoms with Gasteiger partial charge in [-0.3, -0.25) is 4.57 Å². The first-order valence-corrected chi connectivity index (χ1v) is 7.32. The van der Waals surface area contributed by atoms with Crippen LogP contribution in [-0.4, -0.2) is 43.2 Å². The molecule has 0 aliphatic heterocycles. The molecule has 1 rings (SSSR count). The number of hydrazone groups is 1. The van der Waals surface area contributed by atoms with Gasteiger partial charge in [0.05, 0.1) is 5.71 Å². The average Bonchev–Trinajstić information content (AvgIpc) is 2.36. The van der Waals surface area contributed by atoms with E-state index in [1.807, 2.05) is 37.3 Å². The first-order valence-electron chi connectivity index (χ1n) is 5.70. The van der Waals surface area contributed by atoms with Crippen molar-refractivity contribution in [2.24, 2.45) is 5.10 Å². The molecule has 0 fully saturated rings. The molecular formula is C12H21N4OP. The summed E-state index contributed by atoms with van der Waals surface area (Å²) in [7, 11) is 4.25. The van der Waals surface area contributed by atoms with Gasteiger partial charge in [-0.2, -0.15) is 5.10 Å². The summed E-state index contributed by atoms with van der Waals surface area (Å²) in [5.41, 5.74) is 1.81. The van der Waals surface area contributed by atoms with E-state index >= 15 is 0 Å². The Hall–Kier alpha value is -1.16. The molecule has 0 unspecified atom stereocenters. The maximum absolute atomic E-state index is 12.6. The Bertz CT molecular complexity index is 444. The number of nitrogens with zero attached hydrogens (tertiary/aromatic N) is 3. The molecule has 1 N–H and O–H groups in total. The van der Waals surface area contributed by atoms with E-state index < -0.39 is 7.59 Å². The minimum atomic E-state index is -2.81. The lowest BCUT2D eigenvalue weighted by atomic mass is 10.1. The molecule has 1 aromatic carbocycles. The first kappa shape index (κ1) is 14.9. The standard InChI is InChI=1S/C12H21N4OP/c1-11(12-9-7-6-8-10-12)13-14-18(17,15(2)3)16(4)5/h6-10H,1-5H3,(H,14,17). The highest BCUT2D eigenvalue weighted by Crippen LogP contribution is 2.44. The van der Waals surface area contributed by atoms with Crippen molar-refractivity contribution in [1.82, 2.24) is 14.5 Å². The van der Waals surface area contributed by atoms with Crippen LogP contribution in [0.4, 0.5) is 0 Å². The number of benzene rings is 1. The summed E-state index contributed by atoms with van der Waals surface area (Å²) in [6.45, 7) is 1.89. The quantitative estimate of drug-likeness (QED) is 0.505. The topological polar surface area (TPSA) is 47.9 Å². The van der Waals surface area contributed by atoms with E-state index in [4.69, 9.17) is 0 Å². The molecule has 0 heterocycles. The number of nitrogens with one attached hydrogen (secondary N) is 1. The van der Waals surface area contributed by atoms with Gasteiger partial charge in [-0.25, -0.2) is 14.5 Å². The summed E-state index contributed by atoms with van der Waals surface area (Å²) in [6, 6.07) is 9.79. The molecule has 100 valence electrons. The van der Waals surface area contributed by atoms with Crippen molar-refractivity contribution in [3.8, 4) is 0 Å². The van der Waals surface area contributed by atoms with Gasteiger partial charge in [0.1, 0.15) is 0 Å². The van der Waals surface area contributed by atoms with Crippen LogP contribution in [0.3, 0.4) is 0 Å². The SMILES string of the molecule is CC(=NNP(=O)(N(C)C)N(C)C)c1ccccc1. The van der Waals surface area contributed by atoms with Gasteiger partial charge in [0.25, 0.3) is 0 Å². The highest BCUT2D eigenvalue weighted by molar-refractivity contribution is 7.56. The van der Waals surface area contributed by atoms with Crippen molar-refractivity contribution in [1.29, 1.82) is 0 Å². The summed E-state index contributed by atoms with van der Waals surface area (Å²) < 4.78 is 15.9. The van der Waals surface area contributed by atoms with Crippen LogP contribution < -0.4 is 5.20 Å². The molecule has 0 aliphatic carbocycles. The minimum Gasteiger partial charge on any atom is -0.262 e. The monoisotopic (exact) mass is 268 g/mol. The van der Waals surface area contributed by atoms with Crippen LogP contribution in [0, 0.1) is 0 Å². The first-order chi connectivity index (χ1) is 8.38. The van der Waals surface area contributed by atoms with Crippen LogP contribution in [0.5, 0.6) is 0 Å². The molecule has 0 saturated heterocycles. The second kappa shape index (κ2) is 6.14. The summed E-state index contributed by atoms with van der Waals surface area (Å²) >= 11 is 0. The van der Waals surface area contributed by atoms with E-state index in [1.165, 1.54) is 0 Å². The molecule has 0 amide bonds. The van der Waals surface area contributed by atoms with Gasteiger partial charge in [-0.1, -0.05) is 30.3 Å². The molecule has 0 radical (unpaired) electrons. The third kappa shape index (κ3) is 3.42. The molecule has 0 aromatic heterocycles. The Morgan fingerprint density at radius 1 is 1.11 bits per heavy atom. The van der Waals surface area contributed by atoms with Crippen LogP contribution in [0.1, 0.15) is 12.5 Å². The Kier molecular flexibility index (Phi) is 5.08. The van der Waals surface area contributed by atoms with Crippen molar-refractivity contribution >= 4 is 13.3 Å². The van der Waals surface area contributed by atoms with Crippen LogP contribution in [0.2, 0.25) is 0 Å². The molecule has 0 atom stereocenters. The summed E-state index contributed by atoms with van der Waals surface area (Å²) in [5.74, 6) is 0. The normalized spacial score (nSPS) is 13.2. The molecule has 18 heavy (non-hydrogen) atoms. The number of hydrogen-bond acceptors (Lipinski definition) is 2. The Morgan fingerprint density at radius 2 is 1.61 bits per heavy atom. The van der Waals surface area contributed by atoms with Crippen LogP contribution in [0.15, 0.2) is 35.4 Å². The van der Waals surface area contributed by atoms with E-state index in [0.717, 1.165) is 11.3 Å². The maximum atomic E-state index is 12.6. The smallest absolute Gasteiger partial charge is 0.262 e. The third-order valence-corrected chi connectivity index (χ3v) is 5.15. The zero-order valence-corrected chi connectivity index (χ0v) is 12.5. The van der Waals surface area contributed by atoms with Crippen molar-refractivity contribution < 1.29 is 4.57 Å². The van der Waals surface area contributed by atoms with Gasteiger partial charge in [0.2, 0.25) is 0 Å². The molecule has 0 saturated carbocycles. The lowest BCUT2D eigenvalue weighted by molar-refractivity contribution is 0.434. The highest BCUT2D eigenvalue weighted by atomic mass is 31.2. The van der Waals surface area contributed by atoms with Crippen molar-refractivity contribution in [2.45, 2.75) is 6.92 Å². The largest absolute Gasteiger partial charge is 0.322 e. The maximum Gasteiger partial charge on any atom is 0.322 e. The third-order valence-electron chi connectivity index (χ3n) is 2.62. The molecule has 0 bridgehead atoms. The fraction of sp³-hybridized carbons (Fsp3) is 0.417. The molecular weight excluding hydrogens is 247 g/mol. The zero-order valence-electron chi connectivity index (χ0n) is 11.6. The van der Waals surface area contributed by atoms with E-state index in [0.29, 0.717) is 0 Å². The van der Waals surface area contributed by atoms with Gasteiger partial charge in [-0.05, 0) is 40.7 Å². The van der Waals surface area contributed by atoms with Crippen LogP contribution in [0.25, 0.3) is 0 Å². The van der Waals surface area contributed by atoms with Gasteiger partial charge in [0.15, 0.2) is 0 Å². The van der Waals surface area contributed by atoms with Gasteiger partial charge < -0.3 is 0 Å². The summed E-state index contributed by atoms with van der Waals surface area (Å²) in [6.07, 6.45) is 0. The van der Waals surface area contributed by atoms with Crippen molar-refractivity contribution in [3.05, 3.63) is 35.9 Å². The van der Waals surface area contributed by atoms with Crippen molar-refractivity contribution in [2.75, 3.05) is 28.2 Å². The van der Waals surface area contributed by atoms with Crippen molar-refractivity contribution in [3.63, 3.8) is 0 Å². The van der Waals surface area contributed by atoms with E-state index in [-0.39, 0.29) is 0 Å². The lowest BCUT2D eigenvalue weighted by Crippen LogP contribution is -2.29. The van der Waals surface area contributed by atoms with E-state index in [2.05, 4.69) is 10.3 Å². The second-order valence-corrected chi connectivity index (χ2v) is 7.29. The average molecular weight is 268 g/mol. The lowest BCUT2D eigenvalue weighted by Gasteiger charge is -2.29. The minimum absolute atomic E-state index is 0.805. The van der Waals surface area contributed by atoms with Crippen LogP contribution >= 0.6 is 7.59 Å². The predicted octanol–water partition coefficient (Wildman–Crippen LogP) is 2.23. The summed E-state index contributed by atoms with van der Waals surface area (Å²) in [4.78, 5) is 0. The Balaban J connectivity index is 2.89.